The zero-order chi connectivity index (χ0) is 24.2. The summed E-state index contributed by atoms with van der Waals surface area (Å²) in [5, 5.41) is 14.3. The number of carbonyl (C=O) groups excluding carboxylic acids is 2. The summed E-state index contributed by atoms with van der Waals surface area (Å²) >= 11 is 0. The number of hydrogen-bond acceptors (Lipinski definition) is 5. The van der Waals surface area contributed by atoms with Crippen molar-refractivity contribution in [3.05, 3.63) is 83.3 Å². The Labute approximate surface area is 196 Å². The molecule has 176 valence electrons. The van der Waals surface area contributed by atoms with E-state index in [-0.39, 0.29) is 30.7 Å². The lowest BCUT2D eigenvalue weighted by molar-refractivity contribution is -0.140. The van der Waals surface area contributed by atoms with Crippen LogP contribution in [0.2, 0.25) is 0 Å². The molecular weight excluding hydrogens is 436 g/mol. The van der Waals surface area contributed by atoms with Crippen LogP contribution in [0.5, 0.6) is 0 Å². The van der Waals surface area contributed by atoms with Crippen molar-refractivity contribution in [2.45, 2.75) is 32.4 Å². The summed E-state index contributed by atoms with van der Waals surface area (Å²) in [6.07, 6.45) is -0.602. The summed E-state index contributed by atoms with van der Waals surface area (Å²) in [5.41, 5.74) is 4.55. The third kappa shape index (κ3) is 4.80. The number of fused-ring (bicyclic) bond motifs is 3. The number of rotatable bonds is 8. The predicted molar refractivity (Wildman–Crippen MR) is 124 cm³/mol. The molecule has 0 saturated carbocycles. The minimum atomic E-state index is -1.12. The van der Waals surface area contributed by atoms with Crippen LogP contribution in [0.1, 0.15) is 47.2 Å². The number of hydrogen-bond donors (Lipinski definition) is 3. The second-order valence-corrected chi connectivity index (χ2v) is 8.48. The van der Waals surface area contributed by atoms with Crippen LogP contribution in [0.4, 0.5) is 4.79 Å². The van der Waals surface area contributed by atoms with E-state index in [1.165, 1.54) is 6.07 Å². The van der Waals surface area contributed by atoms with Crippen LogP contribution in [0, 0.1) is 5.92 Å². The molecule has 2 aromatic carbocycles. The molecule has 3 N–H and O–H groups in total. The molecule has 8 heteroatoms. The molecule has 0 saturated heterocycles. The van der Waals surface area contributed by atoms with Crippen LogP contribution < -0.4 is 10.6 Å². The highest BCUT2D eigenvalue weighted by Gasteiger charge is 2.29. The summed E-state index contributed by atoms with van der Waals surface area (Å²) in [6, 6.07) is 18.1. The maximum Gasteiger partial charge on any atom is 0.407 e. The molecule has 0 spiro atoms. The molecule has 34 heavy (non-hydrogen) atoms. The van der Waals surface area contributed by atoms with E-state index in [2.05, 4.69) is 22.8 Å². The Morgan fingerprint density at radius 2 is 1.59 bits per heavy atom. The molecule has 3 aromatic rings. The lowest BCUT2D eigenvalue weighted by atomic mass is 9.98. The number of aliphatic carboxylic acids is 1. The SMILES string of the molecule is CC(C)C(NC(=O)c1ccc(CNC(=O)OCC2c3ccccc3-c3ccccc32)o1)C(=O)O. The highest BCUT2D eigenvalue weighted by molar-refractivity contribution is 5.94. The van der Waals surface area contributed by atoms with E-state index in [1.807, 2.05) is 36.4 Å². The summed E-state index contributed by atoms with van der Waals surface area (Å²) in [6.45, 7) is 3.61. The fourth-order valence-corrected chi connectivity index (χ4v) is 4.13. The van der Waals surface area contributed by atoms with Crippen LogP contribution in [0.15, 0.2) is 65.1 Å². The lowest BCUT2D eigenvalue weighted by Crippen LogP contribution is -2.44. The van der Waals surface area contributed by atoms with Gasteiger partial charge in [0, 0.05) is 5.92 Å². The van der Waals surface area contributed by atoms with E-state index in [0.717, 1.165) is 22.3 Å². The zero-order valence-corrected chi connectivity index (χ0v) is 18.9. The van der Waals surface area contributed by atoms with Crippen LogP contribution in [0.3, 0.4) is 0 Å². The normalized spacial score (nSPS) is 13.1. The van der Waals surface area contributed by atoms with Gasteiger partial charge in [-0.3, -0.25) is 4.79 Å². The number of amides is 2. The number of furan rings is 1. The van der Waals surface area contributed by atoms with Gasteiger partial charge in [-0.25, -0.2) is 9.59 Å². The molecule has 8 nitrogen and oxygen atoms in total. The Bertz CT molecular complexity index is 1170. The van der Waals surface area contributed by atoms with Crippen molar-refractivity contribution in [2.24, 2.45) is 5.92 Å². The van der Waals surface area contributed by atoms with Crippen molar-refractivity contribution < 1.29 is 28.6 Å². The summed E-state index contributed by atoms with van der Waals surface area (Å²) in [4.78, 5) is 35.9. The van der Waals surface area contributed by atoms with E-state index in [0.29, 0.717) is 5.76 Å². The molecule has 4 rings (SSSR count). The van der Waals surface area contributed by atoms with Gasteiger partial charge in [-0.15, -0.1) is 0 Å². The maximum absolute atomic E-state index is 12.3. The van der Waals surface area contributed by atoms with Gasteiger partial charge < -0.3 is 24.9 Å². The number of carboxylic acid groups (broad SMARTS) is 1. The van der Waals surface area contributed by atoms with E-state index in [9.17, 15) is 19.5 Å². The number of carboxylic acids is 1. The third-order valence-corrected chi connectivity index (χ3v) is 5.86. The smallest absolute Gasteiger partial charge is 0.407 e. The molecule has 1 atom stereocenters. The van der Waals surface area contributed by atoms with E-state index in [4.69, 9.17) is 9.15 Å². The Kier molecular flexibility index (Phi) is 6.67. The van der Waals surface area contributed by atoms with Crippen LogP contribution in [-0.4, -0.2) is 35.7 Å². The van der Waals surface area contributed by atoms with Gasteiger partial charge in [0.15, 0.2) is 5.76 Å². The molecule has 0 radical (unpaired) electrons. The molecule has 0 aliphatic heterocycles. The van der Waals surface area contributed by atoms with Gasteiger partial charge in [-0.1, -0.05) is 62.4 Å². The summed E-state index contributed by atoms with van der Waals surface area (Å²) in [7, 11) is 0. The first-order valence-electron chi connectivity index (χ1n) is 11.1. The Hall–Kier alpha value is -4.07. The predicted octanol–water partition coefficient (Wildman–Crippen LogP) is 4.16. The number of benzene rings is 2. The Morgan fingerprint density at radius 1 is 0.971 bits per heavy atom. The van der Waals surface area contributed by atoms with Gasteiger partial charge in [-0.05, 0) is 40.3 Å². The topological polar surface area (TPSA) is 118 Å². The fourth-order valence-electron chi connectivity index (χ4n) is 4.13. The first kappa shape index (κ1) is 23.1. The third-order valence-electron chi connectivity index (χ3n) is 5.86. The Balaban J connectivity index is 1.31. The molecule has 0 fully saturated rings. The Morgan fingerprint density at radius 3 is 2.18 bits per heavy atom. The molecule has 1 aliphatic carbocycles. The van der Waals surface area contributed by atoms with Gasteiger partial charge in [0.05, 0.1) is 6.54 Å². The lowest BCUT2D eigenvalue weighted by Gasteiger charge is -2.16. The summed E-state index contributed by atoms with van der Waals surface area (Å²) in [5.74, 6) is -1.77. The molecule has 1 aliphatic rings. The zero-order valence-electron chi connectivity index (χ0n) is 18.9. The highest BCUT2D eigenvalue weighted by Crippen LogP contribution is 2.44. The molecule has 0 bridgehead atoms. The van der Waals surface area contributed by atoms with Crippen LogP contribution >= 0.6 is 0 Å². The summed E-state index contributed by atoms with van der Waals surface area (Å²) < 4.78 is 10.9. The molecular formula is C26H26N2O6. The van der Waals surface area contributed by atoms with Crippen molar-refractivity contribution in [2.75, 3.05) is 6.61 Å². The molecule has 2 amide bonds. The van der Waals surface area contributed by atoms with Crippen molar-refractivity contribution in [1.29, 1.82) is 0 Å². The first-order valence-corrected chi connectivity index (χ1v) is 11.1. The van der Waals surface area contributed by atoms with Crippen LogP contribution in [0.25, 0.3) is 11.1 Å². The van der Waals surface area contributed by atoms with Gasteiger partial charge in [0.2, 0.25) is 0 Å². The number of alkyl carbamates (subject to hydrolysis) is 1. The quantitative estimate of drug-likeness (QED) is 0.463. The van der Waals surface area contributed by atoms with Gasteiger partial charge in [-0.2, -0.15) is 0 Å². The second kappa shape index (κ2) is 9.82. The maximum atomic E-state index is 12.3. The number of carbonyl (C=O) groups is 3. The molecule has 1 aromatic heterocycles. The van der Waals surface area contributed by atoms with Gasteiger partial charge in [0.1, 0.15) is 18.4 Å². The van der Waals surface area contributed by atoms with Crippen molar-refractivity contribution in [3.8, 4) is 11.1 Å². The van der Waals surface area contributed by atoms with Gasteiger partial charge >= 0.3 is 12.1 Å². The molecule has 1 unspecified atom stereocenters. The monoisotopic (exact) mass is 462 g/mol. The number of ether oxygens (including phenoxy) is 1. The minimum absolute atomic E-state index is 0.0243. The minimum Gasteiger partial charge on any atom is -0.480 e. The average Bonchev–Trinajstić information content (AvgIpc) is 3.42. The number of nitrogens with one attached hydrogen (secondary N) is 2. The molecule has 1 heterocycles. The standard InChI is InChI=1S/C26H26N2O6/c1-15(2)23(25(30)31)28-24(29)22-12-11-16(34-22)13-27-26(32)33-14-21-19-9-5-3-7-17(19)18-8-4-6-10-20(18)21/h3-12,15,21,23H,13-14H2,1-2H3,(H,27,32)(H,28,29)(H,30,31). The van der Waals surface area contributed by atoms with E-state index in [1.54, 1.807) is 19.9 Å². The van der Waals surface area contributed by atoms with Crippen LogP contribution in [-0.2, 0) is 16.1 Å². The van der Waals surface area contributed by atoms with E-state index >= 15 is 0 Å². The van der Waals surface area contributed by atoms with Crippen molar-refractivity contribution >= 4 is 18.0 Å². The van der Waals surface area contributed by atoms with E-state index < -0.39 is 24.0 Å². The fraction of sp³-hybridized carbons (Fsp3) is 0.269. The average molecular weight is 463 g/mol. The largest absolute Gasteiger partial charge is 0.480 e. The van der Waals surface area contributed by atoms with Crippen molar-refractivity contribution in [3.63, 3.8) is 0 Å². The van der Waals surface area contributed by atoms with Crippen molar-refractivity contribution in [1.82, 2.24) is 10.6 Å². The second-order valence-electron chi connectivity index (χ2n) is 8.48. The van der Waals surface area contributed by atoms with Gasteiger partial charge in [0.25, 0.3) is 5.91 Å². The highest BCUT2D eigenvalue weighted by atomic mass is 16.5. The first-order chi connectivity index (χ1) is 16.3.